The lowest BCUT2D eigenvalue weighted by atomic mass is 10.2. The second-order valence-electron chi connectivity index (χ2n) is 5.27. The van der Waals surface area contributed by atoms with Crippen LogP contribution in [0.2, 0.25) is 10.0 Å². The van der Waals surface area contributed by atoms with E-state index in [9.17, 15) is 8.42 Å². The van der Waals surface area contributed by atoms with E-state index >= 15 is 0 Å². The monoisotopic (exact) mass is 364 g/mol. The van der Waals surface area contributed by atoms with E-state index in [0.717, 1.165) is 16.5 Å². The standard InChI is InChI=1S/C13H14Cl2N2O2S2/c1-17-12-7-21(18,19)6-11(12)16-13(17)20-5-8-2-3-9(14)10(15)4-8/h2-4,11-12H,5-7H2,1H3/t11-,12-/m1/s1. The number of nitrogens with zero attached hydrogens (tertiary/aromatic N) is 2. The van der Waals surface area contributed by atoms with E-state index < -0.39 is 9.84 Å². The van der Waals surface area contributed by atoms with Crippen molar-refractivity contribution in [2.75, 3.05) is 18.6 Å². The van der Waals surface area contributed by atoms with Crippen LogP contribution in [0, 0.1) is 0 Å². The molecule has 114 valence electrons. The van der Waals surface area contributed by atoms with Crippen molar-refractivity contribution in [2.24, 2.45) is 4.99 Å². The summed E-state index contributed by atoms with van der Waals surface area (Å²) in [5.41, 5.74) is 1.06. The average molecular weight is 365 g/mol. The number of hydrogen-bond acceptors (Lipinski definition) is 5. The Kier molecular flexibility index (Phi) is 4.16. The van der Waals surface area contributed by atoms with E-state index in [-0.39, 0.29) is 23.6 Å². The second kappa shape index (κ2) is 5.65. The van der Waals surface area contributed by atoms with E-state index in [2.05, 4.69) is 4.99 Å². The molecule has 1 aromatic rings. The number of rotatable bonds is 2. The summed E-state index contributed by atoms with van der Waals surface area (Å²) in [7, 11) is -1.02. The predicted octanol–water partition coefficient (Wildman–Crippen LogP) is 2.69. The first-order chi connectivity index (χ1) is 9.85. The molecule has 21 heavy (non-hydrogen) atoms. The number of amidine groups is 1. The van der Waals surface area contributed by atoms with E-state index in [1.54, 1.807) is 17.8 Å². The second-order valence-corrected chi connectivity index (χ2v) is 9.18. The normalized spacial score (nSPS) is 26.8. The molecule has 4 nitrogen and oxygen atoms in total. The number of sulfone groups is 1. The Balaban J connectivity index is 1.68. The highest BCUT2D eigenvalue weighted by Crippen LogP contribution is 2.31. The predicted molar refractivity (Wildman–Crippen MR) is 89.2 cm³/mol. The summed E-state index contributed by atoms with van der Waals surface area (Å²) in [5, 5.41) is 1.98. The molecule has 0 bridgehead atoms. The Morgan fingerprint density at radius 2 is 2.10 bits per heavy atom. The van der Waals surface area contributed by atoms with Gasteiger partial charge in [0, 0.05) is 12.8 Å². The molecular weight excluding hydrogens is 351 g/mol. The Hall–Kier alpha value is -0.430. The van der Waals surface area contributed by atoms with Gasteiger partial charge in [0.05, 0.1) is 33.6 Å². The summed E-state index contributed by atoms with van der Waals surface area (Å²) < 4.78 is 23.2. The summed E-state index contributed by atoms with van der Waals surface area (Å²) in [6.07, 6.45) is 0. The fourth-order valence-corrected chi connectivity index (χ4v) is 5.86. The Morgan fingerprint density at radius 1 is 1.33 bits per heavy atom. The van der Waals surface area contributed by atoms with Crippen LogP contribution < -0.4 is 0 Å². The van der Waals surface area contributed by atoms with Crippen LogP contribution in [0.3, 0.4) is 0 Å². The summed E-state index contributed by atoms with van der Waals surface area (Å²) in [5.74, 6) is 1.10. The van der Waals surface area contributed by atoms with Gasteiger partial charge in [-0.25, -0.2) is 8.42 Å². The van der Waals surface area contributed by atoms with Crippen LogP contribution in [-0.2, 0) is 15.6 Å². The minimum absolute atomic E-state index is 0.00805. The van der Waals surface area contributed by atoms with Crippen molar-refractivity contribution < 1.29 is 8.42 Å². The SMILES string of the molecule is CN1C(SCc2ccc(Cl)c(Cl)c2)=N[C@@H]2CS(=O)(=O)C[C@H]21. The smallest absolute Gasteiger partial charge is 0.159 e. The van der Waals surface area contributed by atoms with Crippen molar-refractivity contribution >= 4 is 50.0 Å². The molecule has 0 spiro atoms. The summed E-state index contributed by atoms with van der Waals surface area (Å²) in [4.78, 5) is 6.53. The van der Waals surface area contributed by atoms with Gasteiger partial charge in [-0.05, 0) is 17.7 Å². The first-order valence-electron chi connectivity index (χ1n) is 6.43. The zero-order valence-electron chi connectivity index (χ0n) is 11.3. The van der Waals surface area contributed by atoms with Crippen molar-refractivity contribution in [3.05, 3.63) is 33.8 Å². The first kappa shape index (κ1) is 15.5. The van der Waals surface area contributed by atoms with E-state index in [1.807, 2.05) is 24.1 Å². The molecule has 0 saturated carbocycles. The number of thioether (sulfide) groups is 1. The molecule has 2 aliphatic rings. The molecule has 2 atom stereocenters. The van der Waals surface area contributed by atoms with Gasteiger partial charge in [0.15, 0.2) is 15.0 Å². The number of aliphatic imine (C=N–C) groups is 1. The zero-order chi connectivity index (χ0) is 15.2. The fourth-order valence-electron chi connectivity index (χ4n) is 2.59. The minimum atomic E-state index is -2.93. The van der Waals surface area contributed by atoms with Gasteiger partial charge >= 0.3 is 0 Å². The molecule has 3 rings (SSSR count). The van der Waals surface area contributed by atoms with Crippen molar-refractivity contribution in [2.45, 2.75) is 17.8 Å². The molecule has 0 aliphatic carbocycles. The van der Waals surface area contributed by atoms with Gasteiger partial charge in [0.2, 0.25) is 0 Å². The number of fused-ring (bicyclic) bond motifs is 1. The third kappa shape index (κ3) is 3.18. The van der Waals surface area contributed by atoms with Crippen molar-refractivity contribution in [1.29, 1.82) is 0 Å². The van der Waals surface area contributed by atoms with Gasteiger partial charge < -0.3 is 4.90 Å². The molecule has 0 N–H and O–H groups in total. The Labute approximate surface area is 138 Å². The highest BCUT2D eigenvalue weighted by atomic mass is 35.5. The molecule has 0 amide bonds. The summed E-state index contributed by atoms with van der Waals surface area (Å²) >= 11 is 13.5. The molecule has 2 heterocycles. The van der Waals surface area contributed by atoms with Crippen LogP contribution in [0.1, 0.15) is 5.56 Å². The molecule has 2 aliphatic heterocycles. The zero-order valence-corrected chi connectivity index (χ0v) is 14.4. The molecule has 0 unspecified atom stereocenters. The lowest BCUT2D eigenvalue weighted by Crippen LogP contribution is -2.35. The summed E-state index contributed by atoms with van der Waals surface area (Å²) in [6.45, 7) is 0. The largest absolute Gasteiger partial charge is 0.348 e. The number of benzene rings is 1. The lowest BCUT2D eigenvalue weighted by molar-refractivity contribution is 0.410. The quantitative estimate of drug-likeness (QED) is 0.809. The maximum Gasteiger partial charge on any atom is 0.159 e. The van der Waals surface area contributed by atoms with E-state index in [0.29, 0.717) is 10.0 Å². The van der Waals surface area contributed by atoms with Crippen molar-refractivity contribution in [1.82, 2.24) is 4.90 Å². The third-order valence-electron chi connectivity index (χ3n) is 3.72. The fraction of sp³-hybridized carbons (Fsp3) is 0.462. The number of likely N-dealkylation sites (N-methyl/N-ethyl adjacent to an activating group) is 1. The summed E-state index contributed by atoms with van der Waals surface area (Å²) in [6, 6.07) is 5.43. The van der Waals surface area contributed by atoms with E-state index in [4.69, 9.17) is 23.2 Å². The van der Waals surface area contributed by atoms with Gasteiger partial charge in [-0.1, -0.05) is 41.0 Å². The third-order valence-corrected chi connectivity index (χ3v) is 7.29. The van der Waals surface area contributed by atoms with Crippen LogP contribution in [0.4, 0.5) is 0 Å². The Morgan fingerprint density at radius 3 is 2.76 bits per heavy atom. The van der Waals surface area contributed by atoms with Crippen LogP contribution in [-0.4, -0.2) is 49.1 Å². The average Bonchev–Trinajstić information content (AvgIpc) is 2.85. The van der Waals surface area contributed by atoms with Crippen molar-refractivity contribution in [3.8, 4) is 0 Å². The maximum absolute atomic E-state index is 11.6. The highest BCUT2D eigenvalue weighted by molar-refractivity contribution is 8.13. The van der Waals surface area contributed by atoms with E-state index in [1.165, 1.54) is 0 Å². The van der Waals surface area contributed by atoms with Crippen LogP contribution in [0.5, 0.6) is 0 Å². The topological polar surface area (TPSA) is 49.7 Å². The molecule has 1 saturated heterocycles. The van der Waals surface area contributed by atoms with Crippen molar-refractivity contribution in [3.63, 3.8) is 0 Å². The van der Waals surface area contributed by atoms with Gasteiger partial charge in [-0.3, -0.25) is 4.99 Å². The molecule has 1 fully saturated rings. The molecule has 0 radical (unpaired) electrons. The molecule has 0 aromatic heterocycles. The van der Waals surface area contributed by atoms with Gasteiger partial charge in [-0.15, -0.1) is 0 Å². The lowest BCUT2D eigenvalue weighted by Gasteiger charge is -2.20. The highest BCUT2D eigenvalue weighted by Gasteiger charge is 2.44. The van der Waals surface area contributed by atoms with Gasteiger partial charge in [0.1, 0.15) is 0 Å². The molecule has 1 aromatic carbocycles. The van der Waals surface area contributed by atoms with Crippen LogP contribution >= 0.6 is 35.0 Å². The van der Waals surface area contributed by atoms with Crippen LogP contribution in [0.25, 0.3) is 0 Å². The minimum Gasteiger partial charge on any atom is -0.348 e. The Bertz CT molecular complexity index is 706. The van der Waals surface area contributed by atoms with Gasteiger partial charge in [-0.2, -0.15) is 0 Å². The maximum atomic E-state index is 11.6. The van der Waals surface area contributed by atoms with Crippen LogP contribution in [0.15, 0.2) is 23.2 Å². The first-order valence-corrected chi connectivity index (χ1v) is 10.00. The molecule has 8 heteroatoms. The molecular formula is C13H14Cl2N2O2S2. The number of hydrogen-bond donors (Lipinski definition) is 0. The number of halogens is 2. The van der Waals surface area contributed by atoms with Gasteiger partial charge in [0.25, 0.3) is 0 Å².